The van der Waals surface area contributed by atoms with Crippen molar-refractivity contribution in [2.45, 2.75) is 51.3 Å². The van der Waals surface area contributed by atoms with Crippen LogP contribution in [0.25, 0.3) is 11.2 Å². The van der Waals surface area contributed by atoms with E-state index in [9.17, 15) is 14.0 Å². The standard InChI is InChI=1S/C16H21FN4O3/c1-16(2,3)24-14(22)19-10-6-11(7-10)21-13-12(20(4)15(21)23)5-9(17)8-18-13/h5,8,10-11H,6-7H2,1-4H3,(H,19,22). The van der Waals surface area contributed by atoms with Gasteiger partial charge in [0.05, 0.1) is 11.7 Å². The third kappa shape index (κ3) is 3.00. The molecule has 0 aromatic carbocycles. The second-order valence-electron chi connectivity index (χ2n) is 7.18. The number of pyridine rings is 1. The molecule has 1 aliphatic rings. The van der Waals surface area contributed by atoms with Crippen LogP contribution in [0.2, 0.25) is 0 Å². The third-order valence-electron chi connectivity index (χ3n) is 4.10. The molecule has 0 saturated heterocycles. The number of alkyl carbamates (subject to hydrolysis) is 1. The highest BCUT2D eigenvalue weighted by Gasteiger charge is 2.35. The summed E-state index contributed by atoms with van der Waals surface area (Å²) in [7, 11) is 1.59. The molecule has 2 aromatic heterocycles. The van der Waals surface area contributed by atoms with Crippen LogP contribution in [0.3, 0.4) is 0 Å². The molecule has 1 fully saturated rings. The Hall–Kier alpha value is -2.38. The fraction of sp³-hybridized carbons (Fsp3) is 0.562. The Balaban J connectivity index is 1.73. The quantitative estimate of drug-likeness (QED) is 0.911. The number of amides is 1. The minimum Gasteiger partial charge on any atom is -0.444 e. The average Bonchev–Trinajstić information content (AvgIpc) is 2.65. The summed E-state index contributed by atoms with van der Waals surface area (Å²) in [5.74, 6) is -0.478. The van der Waals surface area contributed by atoms with E-state index < -0.39 is 17.5 Å². The van der Waals surface area contributed by atoms with Gasteiger partial charge in [0.15, 0.2) is 5.65 Å². The van der Waals surface area contributed by atoms with E-state index in [1.807, 2.05) is 0 Å². The lowest BCUT2D eigenvalue weighted by Crippen LogP contribution is -2.48. The van der Waals surface area contributed by atoms with Crippen molar-refractivity contribution >= 4 is 17.3 Å². The van der Waals surface area contributed by atoms with Gasteiger partial charge in [0.1, 0.15) is 11.4 Å². The summed E-state index contributed by atoms with van der Waals surface area (Å²) in [5.41, 5.74) is 0.144. The smallest absolute Gasteiger partial charge is 0.407 e. The largest absolute Gasteiger partial charge is 0.444 e. The van der Waals surface area contributed by atoms with Gasteiger partial charge in [-0.05, 0) is 33.6 Å². The van der Waals surface area contributed by atoms with Gasteiger partial charge >= 0.3 is 11.8 Å². The normalized spacial score (nSPS) is 20.7. The summed E-state index contributed by atoms with van der Waals surface area (Å²) in [6.45, 7) is 5.41. The summed E-state index contributed by atoms with van der Waals surface area (Å²) in [6.07, 6.45) is 1.86. The Labute approximate surface area is 138 Å². The van der Waals surface area contributed by atoms with Crippen molar-refractivity contribution in [2.24, 2.45) is 7.05 Å². The molecule has 0 bridgehead atoms. The van der Waals surface area contributed by atoms with Gasteiger partial charge in [-0.25, -0.2) is 19.0 Å². The number of nitrogens with one attached hydrogen (secondary N) is 1. The number of hydrogen-bond acceptors (Lipinski definition) is 4. The second-order valence-corrected chi connectivity index (χ2v) is 7.18. The van der Waals surface area contributed by atoms with E-state index in [2.05, 4.69) is 10.3 Å². The van der Waals surface area contributed by atoms with E-state index in [-0.39, 0.29) is 17.8 Å². The Morgan fingerprint density at radius 2 is 2.08 bits per heavy atom. The van der Waals surface area contributed by atoms with Crippen LogP contribution in [0.5, 0.6) is 0 Å². The SMILES string of the molecule is Cn1c(=O)n(C2CC(NC(=O)OC(C)(C)C)C2)c2ncc(F)cc21. The van der Waals surface area contributed by atoms with Crippen LogP contribution in [-0.2, 0) is 11.8 Å². The molecule has 2 aromatic rings. The van der Waals surface area contributed by atoms with E-state index in [4.69, 9.17) is 4.74 Å². The molecule has 24 heavy (non-hydrogen) atoms. The molecule has 1 saturated carbocycles. The highest BCUT2D eigenvalue weighted by atomic mass is 19.1. The molecule has 0 aliphatic heterocycles. The molecule has 0 spiro atoms. The fourth-order valence-electron chi connectivity index (χ4n) is 2.93. The van der Waals surface area contributed by atoms with Crippen molar-refractivity contribution in [1.29, 1.82) is 0 Å². The zero-order valence-electron chi connectivity index (χ0n) is 14.2. The fourth-order valence-corrected chi connectivity index (χ4v) is 2.93. The Morgan fingerprint density at radius 1 is 1.42 bits per heavy atom. The topological polar surface area (TPSA) is 78.2 Å². The lowest BCUT2D eigenvalue weighted by Gasteiger charge is -2.36. The second kappa shape index (κ2) is 5.61. The van der Waals surface area contributed by atoms with Crippen molar-refractivity contribution < 1.29 is 13.9 Å². The van der Waals surface area contributed by atoms with Gasteiger partial charge in [-0.3, -0.25) is 9.13 Å². The average molecular weight is 336 g/mol. The van der Waals surface area contributed by atoms with Crippen molar-refractivity contribution in [1.82, 2.24) is 19.4 Å². The molecule has 1 N–H and O–H groups in total. The number of fused-ring (bicyclic) bond motifs is 1. The molecule has 130 valence electrons. The predicted molar refractivity (Wildman–Crippen MR) is 86.4 cm³/mol. The lowest BCUT2D eigenvalue weighted by molar-refractivity contribution is 0.0456. The third-order valence-corrected chi connectivity index (χ3v) is 4.10. The van der Waals surface area contributed by atoms with E-state index in [1.54, 1.807) is 32.4 Å². The highest BCUT2D eigenvalue weighted by molar-refractivity contribution is 5.71. The number of halogens is 1. The van der Waals surface area contributed by atoms with Gasteiger partial charge in [0.25, 0.3) is 0 Å². The minimum atomic E-state index is -0.548. The maximum Gasteiger partial charge on any atom is 0.407 e. The van der Waals surface area contributed by atoms with Crippen molar-refractivity contribution in [3.63, 3.8) is 0 Å². The number of aryl methyl sites for hydroxylation is 1. The van der Waals surface area contributed by atoms with E-state index >= 15 is 0 Å². The maximum atomic E-state index is 13.3. The number of hydrogen-bond donors (Lipinski definition) is 1. The van der Waals surface area contributed by atoms with Gasteiger partial charge in [-0.15, -0.1) is 0 Å². The Bertz CT molecular complexity index is 843. The first-order valence-electron chi connectivity index (χ1n) is 7.87. The predicted octanol–water partition coefficient (Wildman–Crippen LogP) is 2.10. The lowest BCUT2D eigenvalue weighted by atomic mass is 9.86. The molecule has 1 aliphatic carbocycles. The van der Waals surface area contributed by atoms with Gasteiger partial charge in [0, 0.05) is 25.2 Å². The summed E-state index contributed by atoms with van der Waals surface area (Å²) in [5, 5.41) is 2.79. The molecule has 3 rings (SSSR count). The van der Waals surface area contributed by atoms with Gasteiger partial charge in [-0.1, -0.05) is 0 Å². The minimum absolute atomic E-state index is 0.0487. The zero-order valence-corrected chi connectivity index (χ0v) is 14.2. The first-order valence-corrected chi connectivity index (χ1v) is 7.87. The molecular formula is C16H21FN4O3. The van der Waals surface area contributed by atoms with Crippen LogP contribution in [0.4, 0.5) is 9.18 Å². The molecule has 7 nitrogen and oxygen atoms in total. The zero-order chi connectivity index (χ0) is 17.6. The van der Waals surface area contributed by atoms with Crippen LogP contribution in [0.1, 0.15) is 39.7 Å². The summed E-state index contributed by atoms with van der Waals surface area (Å²) >= 11 is 0. The van der Waals surface area contributed by atoms with E-state index in [0.717, 1.165) is 6.20 Å². The summed E-state index contributed by atoms with van der Waals surface area (Å²) < 4.78 is 21.5. The number of aromatic nitrogens is 3. The first kappa shape index (κ1) is 16.5. The number of imidazole rings is 1. The number of rotatable bonds is 2. The summed E-state index contributed by atoms with van der Waals surface area (Å²) in [4.78, 5) is 28.2. The van der Waals surface area contributed by atoms with Crippen LogP contribution in [-0.4, -0.2) is 31.9 Å². The molecule has 0 atom stereocenters. The van der Waals surface area contributed by atoms with Gasteiger partial charge < -0.3 is 10.1 Å². The van der Waals surface area contributed by atoms with Crippen LogP contribution < -0.4 is 11.0 Å². The maximum absolute atomic E-state index is 13.3. The molecule has 1 amide bonds. The first-order chi connectivity index (χ1) is 11.2. The van der Waals surface area contributed by atoms with Crippen LogP contribution in [0, 0.1) is 5.82 Å². The van der Waals surface area contributed by atoms with Gasteiger partial charge in [-0.2, -0.15) is 0 Å². The molecule has 8 heteroatoms. The number of carbonyl (C=O) groups is 1. The molecule has 2 heterocycles. The number of ether oxygens (including phenoxy) is 1. The van der Waals surface area contributed by atoms with E-state index in [0.29, 0.717) is 24.0 Å². The van der Waals surface area contributed by atoms with E-state index in [1.165, 1.54) is 10.6 Å². The summed E-state index contributed by atoms with van der Waals surface area (Å²) in [6, 6.07) is 1.18. The molecular weight excluding hydrogens is 315 g/mol. The Morgan fingerprint density at radius 3 is 2.71 bits per heavy atom. The molecule has 0 radical (unpaired) electrons. The van der Waals surface area contributed by atoms with Crippen molar-refractivity contribution in [2.75, 3.05) is 0 Å². The molecule has 0 unspecified atom stereocenters. The Kier molecular flexibility index (Phi) is 3.85. The number of nitrogens with zero attached hydrogens (tertiary/aromatic N) is 3. The number of carbonyl (C=O) groups excluding carboxylic acids is 1. The van der Waals surface area contributed by atoms with Gasteiger partial charge in [0.2, 0.25) is 0 Å². The highest BCUT2D eigenvalue weighted by Crippen LogP contribution is 2.33. The van der Waals surface area contributed by atoms with Crippen LogP contribution >= 0.6 is 0 Å². The monoisotopic (exact) mass is 336 g/mol. The van der Waals surface area contributed by atoms with Crippen molar-refractivity contribution in [3.8, 4) is 0 Å². The van der Waals surface area contributed by atoms with Crippen molar-refractivity contribution in [3.05, 3.63) is 28.6 Å². The van der Waals surface area contributed by atoms with Crippen LogP contribution in [0.15, 0.2) is 17.1 Å².